The Kier molecular flexibility index (Phi) is 2.48. The van der Waals surface area contributed by atoms with Gasteiger partial charge < -0.3 is 4.90 Å². The minimum atomic E-state index is 0.0755. The standard InChI is InChI=1S/C11H14N2O/c1-2-9-5-3-6-10(12-9)11(14)13-7-4-8-13/h3,5-6H,2,4,7-8H2,1H3. The summed E-state index contributed by atoms with van der Waals surface area (Å²) >= 11 is 0. The van der Waals surface area contributed by atoms with Crippen LogP contribution in [-0.2, 0) is 6.42 Å². The molecule has 0 N–H and O–H groups in total. The summed E-state index contributed by atoms with van der Waals surface area (Å²) in [6.45, 7) is 3.81. The topological polar surface area (TPSA) is 33.2 Å². The molecule has 3 heteroatoms. The van der Waals surface area contributed by atoms with E-state index in [-0.39, 0.29) is 5.91 Å². The third-order valence-corrected chi connectivity index (χ3v) is 2.53. The average Bonchev–Trinajstić information content (AvgIpc) is 2.15. The molecule has 3 nitrogen and oxygen atoms in total. The van der Waals surface area contributed by atoms with Crippen molar-refractivity contribution in [3.63, 3.8) is 0 Å². The lowest BCUT2D eigenvalue weighted by molar-refractivity contribution is 0.0645. The van der Waals surface area contributed by atoms with Crippen LogP contribution in [0.4, 0.5) is 0 Å². The van der Waals surface area contributed by atoms with Gasteiger partial charge in [-0.15, -0.1) is 0 Å². The van der Waals surface area contributed by atoms with Gasteiger partial charge in [0, 0.05) is 18.8 Å². The van der Waals surface area contributed by atoms with Gasteiger partial charge in [-0.25, -0.2) is 4.98 Å². The normalized spacial score (nSPS) is 15.1. The highest BCUT2D eigenvalue weighted by Gasteiger charge is 2.22. The molecule has 0 aromatic carbocycles. The maximum Gasteiger partial charge on any atom is 0.272 e. The van der Waals surface area contributed by atoms with Gasteiger partial charge in [0.05, 0.1) is 0 Å². The summed E-state index contributed by atoms with van der Waals surface area (Å²) in [4.78, 5) is 17.9. The molecule has 0 spiro atoms. The number of rotatable bonds is 2. The Morgan fingerprint density at radius 2 is 2.29 bits per heavy atom. The number of pyridine rings is 1. The smallest absolute Gasteiger partial charge is 0.272 e. The monoisotopic (exact) mass is 190 g/mol. The summed E-state index contributed by atoms with van der Waals surface area (Å²) in [5, 5.41) is 0. The predicted octanol–water partition coefficient (Wildman–Crippen LogP) is 1.49. The van der Waals surface area contributed by atoms with Crippen LogP contribution in [-0.4, -0.2) is 28.9 Å². The number of aromatic nitrogens is 1. The zero-order valence-corrected chi connectivity index (χ0v) is 8.36. The first-order valence-electron chi connectivity index (χ1n) is 5.06. The molecule has 0 atom stereocenters. The molecular weight excluding hydrogens is 176 g/mol. The summed E-state index contributed by atoms with van der Waals surface area (Å²) in [5.41, 5.74) is 1.57. The minimum absolute atomic E-state index is 0.0755. The van der Waals surface area contributed by atoms with Crippen LogP contribution in [0.25, 0.3) is 0 Å². The quantitative estimate of drug-likeness (QED) is 0.708. The highest BCUT2D eigenvalue weighted by Crippen LogP contribution is 2.11. The van der Waals surface area contributed by atoms with Gasteiger partial charge in [-0.05, 0) is 25.0 Å². The molecule has 2 heterocycles. The molecule has 1 saturated heterocycles. The number of aryl methyl sites for hydroxylation is 1. The highest BCUT2D eigenvalue weighted by molar-refractivity contribution is 5.92. The average molecular weight is 190 g/mol. The Labute approximate surface area is 83.8 Å². The zero-order valence-electron chi connectivity index (χ0n) is 8.36. The molecule has 0 aliphatic carbocycles. The van der Waals surface area contributed by atoms with Gasteiger partial charge in [0.25, 0.3) is 5.91 Å². The lowest BCUT2D eigenvalue weighted by atomic mass is 10.2. The number of hydrogen-bond acceptors (Lipinski definition) is 2. The largest absolute Gasteiger partial charge is 0.337 e. The molecule has 1 aromatic rings. The molecule has 74 valence electrons. The lowest BCUT2D eigenvalue weighted by Gasteiger charge is -2.30. The highest BCUT2D eigenvalue weighted by atomic mass is 16.2. The maximum absolute atomic E-state index is 11.8. The summed E-state index contributed by atoms with van der Waals surface area (Å²) in [7, 11) is 0. The Bertz CT molecular complexity index is 345. The second-order valence-corrected chi connectivity index (χ2v) is 3.51. The van der Waals surface area contributed by atoms with Crippen molar-refractivity contribution in [3.05, 3.63) is 29.6 Å². The summed E-state index contributed by atoms with van der Waals surface area (Å²) in [6.07, 6.45) is 2.00. The van der Waals surface area contributed by atoms with Gasteiger partial charge in [0.1, 0.15) is 5.69 Å². The number of amides is 1. The number of likely N-dealkylation sites (tertiary alicyclic amines) is 1. The lowest BCUT2D eigenvalue weighted by Crippen LogP contribution is -2.42. The van der Waals surface area contributed by atoms with Crippen LogP contribution in [0.3, 0.4) is 0 Å². The van der Waals surface area contributed by atoms with Crippen LogP contribution in [0.1, 0.15) is 29.5 Å². The summed E-state index contributed by atoms with van der Waals surface area (Å²) in [5.74, 6) is 0.0755. The van der Waals surface area contributed by atoms with Gasteiger partial charge in [-0.3, -0.25) is 4.79 Å². The maximum atomic E-state index is 11.8. The number of carbonyl (C=O) groups excluding carboxylic acids is 1. The van der Waals surface area contributed by atoms with Gasteiger partial charge in [0.15, 0.2) is 0 Å². The molecule has 0 unspecified atom stereocenters. The van der Waals surface area contributed by atoms with Gasteiger partial charge in [0.2, 0.25) is 0 Å². The third kappa shape index (κ3) is 1.62. The van der Waals surface area contributed by atoms with Crippen molar-refractivity contribution in [1.29, 1.82) is 0 Å². The molecular formula is C11H14N2O. The van der Waals surface area contributed by atoms with Crippen molar-refractivity contribution in [2.24, 2.45) is 0 Å². The molecule has 0 saturated carbocycles. The van der Waals surface area contributed by atoms with Crippen LogP contribution >= 0.6 is 0 Å². The Balaban J connectivity index is 2.18. The molecule has 1 aromatic heterocycles. The fourth-order valence-corrected chi connectivity index (χ4v) is 1.48. The minimum Gasteiger partial charge on any atom is -0.337 e. The Morgan fingerprint density at radius 1 is 1.50 bits per heavy atom. The van der Waals surface area contributed by atoms with Crippen LogP contribution in [0.2, 0.25) is 0 Å². The summed E-state index contributed by atoms with van der Waals surface area (Å²) < 4.78 is 0. The molecule has 1 aliphatic rings. The van der Waals surface area contributed by atoms with E-state index in [2.05, 4.69) is 4.98 Å². The van der Waals surface area contributed by atoms with Crippen molar-refractivity contribution in [3.8, 4) is 0 Å². The number of carbonyl (C=O) groups is 1. The number of nitrogens with zero attached hydrogens (tertiary/aromatic N) is 2. The van der Waals surface area contributed by atoms with Crippen molar-refractivity contribution >= 4 is 5.91 Å². The molecule has 1 fully saturated rings. The fourth-order valence-electron chi connectivity index (χ4n) is 1.48. The molecule has 1 aliphatic heterocycles. The first-order valence-corrected chi connectivity index (χ1v) is 5.06. The molecule has 1 amide bonds. The second-order valence-electron chi connectivity index (χ2n) is 3.51. The molecule has 0 radical (unpaired) electrons. The van der Waals surface area contributed by atoms with E-state index >= 15 is 0 Å². The molecule has 14 heavy (non-hydrogen) atoms. The van der Waals surface area contributed by atoms with E-state index in [4.69, 9.17) is 0 Å². The van der Waals surface area contributed by atoms with Crippen LogP contribution in [0, 0.1) is 0 Å². The SMILES string of the molecule is CCc1cccc(C(=O)N2CCC2)n1. The van der Waals surface area contributed by atoms with Gasteiger partial charge in [-0.2, -0.15) is 0 Å². The predicted molar refractivity (Wildman–Crippen MR) is 54.1 cm³/mol. The molecule has 2 rings (SSSR count). The van der Waals surface area contributed by atoms with E-state index in [1.807, 2.05) is 24.0 Å². The van der Waals surface area contributed by atoms with Crippen molar-refractivity contribution in [1.82, 2.24) is 9.88 Å². The zero-order chi connectivity index (χ0) is 9.97. The first kappa shape index (κ1) is 9.19. The van der Waals surface area contributed by atoms with Gasteiger partial charge >= 0.3 is 0 Å². The third-order valence-electron chi connectivity index (χ3n) is 2.53. The van der Waals surface area contributed by atoms with E-state index in [9.17, 15) is 4.79 Å². The van der Waals surface area contributed by atoms with E-state index in [1.165, 1.54) is 0 Å². The Morgan fingerprint density at radius 3 is 2.86 bits per heavy atom. The Hall–Kier alpha value is -1.38. The first-order chi connectivity index (χ1) is 6.81. The number of hydrogen-bond donors (Lipinski definition) is 0. The van der Waals surface area contributed by atoms with E-state index < -0.39 is 0 Å². The van der Waals surface area contributed by atoms with E-state index in [0.717, 1.165) is 31.6 Å². The molecule has 0 bridgehead atoms. The van der Waals surface area contributed by atoms with Crippen molar-refractivity contribution in [2.75, 3.05) is 13.1 Å². The van der Waals surface area contributed by atoms with Crippen LogP contribution < -0.4 is 0 Å². The van der Waals surface area contributed by atoms with Crippen molar-refractivity contribution in [2.45, 2.75) is 19.8 Å². The van der Waals surface area contributed by atoms with E-state index in [0.29, 0.717) is 5.69 Å². The van der Waals surface area contributed by atoms with Gasteiger partial charge in [-0.1, -0.05) is 13.0 Å². The van der Waals surface area contributed by atoms with Crippen LogP contribution in [0.15, 0.2) is 18.2 Å². The van der Waals surface area contributed by atoms with E-state index in [1.54, 1.807) is 6.07 Å². The van der Waals surface area contributed by atoms with Crippen molar-refractivity contribution < 1.29 is 4.79 Å². The second kappa shape index (κ2) is 3.78. The van der Waals surface area contributed by atoms with Crippen LogP contribution in [0.5, 0.6) is 0 Å². The fraction of sp³-hybridized carbons (Fsp3) is 0.455. The summed E-state index contributed by atoms with van der Waals surface area (Å²) in [6, 6.07) is 5.64.